The van der Waals surface area contributed by atoms with E-state index in [1.165, 1.54) is 0 Å². The van der Waals surface area contributed by atoms with Crippen LogP contribution < -0.4 is 4.74 Å². The van der Waals surface area contributed by atoms with Gasteiger partial charge in [-0.3, -0.25) is 14.6 Å². The molecule has 7 heteroatoms. The highest BCUT2D eigenvalue weighted by Crippen LogP contribution is 2.37. The van der Waals surface area contributed by atoms with Crippen molar-refractivity contribution in [1.82, 2.24) is 10.0 Å². The van der Waals surface area contributed by atoms with Gasteiger partial charge in [0.1, 0.15) is 11.5 Å². The zero-order valence-electron chi connectivity index (χ0n) is 19.7. The molecule has 1 aromatic heterocycles. The first-order chi connectivity index (χ1) is 16.0. The standard InChI is InChI=1S/C26H36N2O5/c1-27(2)28(26(31)21-15-13-20(14-16-21)23-11-8-18-33-23)19-22-9-5-6-10-24(22)32-17-7-3-4-12-25(29)30/h5-6,8-11,18,20-21H,3-4,7,12-17,19H2,1-2H3,(H,29,30). The van der Waals surface area contributed by atoms with Gasteiger partial charge in [-0.05, 0) is 63.1 Å². The summed E-state index contributed by atoms with van der Waals surface area (Å²) in [5.74, 6) is 1.62. The largest absolute Gasteiger partial charge is 0.493 e. The maximum Gasteiger partial charge on any atom is 0.303 e. The Morgan fingerprint density at radius 3 is 2.45 bits per heavy atom. The first kappa shape index (κ1) is 24.8. The van der Waals surface area contributed by atoms with Gasteiger partial charge in [0.05, 0.1) is 19.4 Å². The number of carbonyl (C=O) groups is 2. The molecule has 0 bridgehead atoms. The smallest absolute Gasteiger partial charge is 0.303 e. The van der Waals surface area contributed by atoms with Gasteiger partial charge in [0.15, 0.2) is 0 Å². The summed E-state index contributed by atoms with van der Waals surface area (Å²) in [4.78, 5) is 24.0. The second kappa shape index (κ2) is 12.4. The van der Waals surface area contributed by atoms with Gasteiger partial charge in [-0.15, -0.1) is 0 Å². The molecule has 0 radical (unpaired) electrons. The Morgan fingerprint density at radius 2 is 1.79 bits per heavy atom. The van der Waals surface area contributed by atoms with Crippen LogP contribution in [-0.4, -0.2) is 47.7 Å². The second-order valence-corrected chi connectivity index (χ2v) is 8.97. The summed E-state index contributed by atoms with van der Waals surface area (Å²) >= 11 is 0. The van der Waals surface area contributed by atoms with Gasteiger partial charge in [0.25, 0.3) is 0 Å². The van der Waals surface area contributed by atoms with Crippen molar-refractivity contribution in [2.45, 2.75) is 63.8 Å². The summed E-state index contributed by atoms with van der Waals surface area (Å²) in [5.41, 5.74) is 0.967. The number of benzene rings is 1. The molecule has 1 aromatic carbocycles. The summed E-state index contributed by atoms with van der Waals surface area (Å²) in [6.07, 6.45) is 7.85. The Hall–Kier alpha value is -2.80. The second-order valence-electron chi connectivity index (χ2n) is 8.97. The number of carbonyl (C=O) groups excluding carboxylic acids is 1. The predicted molar refractivity (Wildman–Crippen MR) is 126 cm³/mol. The summed E-state index contributed by atoms with van der Waals surface area (Å²) in [7, 11) is 3.80. The number of ether oxygens (including phenoxy) is 1. The molecule has 2 aromatic rings. The zero-order valence-corrected chi connectivity index (χ0v) is 19.7. The molecule has 0 spiro atoms. The molecule has 0 saturated heterocycles. The molecule has 1 fully saturated rings. The van der Waals surface area contributed by atoms with Gasteiger partial charge in [-0.2, -0.15) is 0 Å². The molecule has 7 nitrogen and oxygen atoms in total. The molecule has 33 heavy (non-hydrogen) atoms. The number of unbranched alkanes of at least 4 members (excludes halogenated alkanes) is 2. The lowest BCUT2D eigenvalue weighted by molar-refractivity contribution is -0.152. The van der Waals surface area contributed by atoms with Crippen molar-refractivity contribution in [2.75, 3.05) is 20.7 Å². The molecule has 1 aliphatic carbocycles. The fraction of sp³-hybridized carbons (Fsp3) is 0.538. The van der Waals surface area contributed by atoms with Crippen LogP contribution in [0.2, 0.25) is 0 Å². The van der Waals surface area contributed by atoms with E-state index in [0.29, 0.717) is 25.5 Å². The number of rotatable bonds is 12. The van der Waals surface area contributed by atoms with E-state index < -0.39 is 5.97 Å². The van der Waals surface area contributed by atoms with Gasteiger partial charge in [-0.25, -0.2) is 5.01 Å². The molecule has 1 N–H and O–H groups in total. The van der Waals surface area contributed by atoms with E-state index in [9.17, 15) is 9.59 Å². The van der Waals surface area contributed by atoms with E-state index in [-0.39, 0.29) is 18.2 Å². The Labute approximate surface area is 196 Å². The van der Waals surface area contributed by atoms with Crippen LogP contribution in [0.3, 0.4) is 0 Å². The van der Waals surface area contributed by atoms with E-state index in [0.717, 1.165) is 55.6 Å². The topological polar surface area (TPSA) is 83.2 Å². The number of amides is 1. The number of carboxylic acid groups (broad SMARTS) is 1. The highest BCUT2D eigenvalue weighted by Gasteiger charge is 2.32. The number of nitrogens with zero attached hydrogens (tertiary/aromatic N) is 2. The summed E-state index contributed by atoms with van der Waals surface area (Å²) in [6, 6.07) is 11.8. The first-order valence-electron chi connectivity index (χ1n) is 11.9. The minimum absolute atomic E-state index is 0.0147. The van der Waals surface area contributed by atoms with Crippen molar-refractivity contribution in [3.05, 3.63) is 54.0 Å². The van der Waals surface area contributed by atoms with Crippen LogP contribution >= 0.6 is 0 Å². The number of hydrazine groups is 1. The van der Waals surface area contributed by atoms with Crippen molar-refractivity contribution < 1.29 is 23.8 Å². The molecule has 0 aliphatic heterocycles. The van der Waals surface area contributed by atoms with Crippen LogP contribution in [0.1, 0.15) is 68.6 Å². The lowest BCUT2D eigenvalue weighted by Gasteiger charge is -2.35. The van der Waals surface area contributed by atoms with Crippen molar-refractivity contribution >= 4 is 11.9 Å². The van der Waals surface area contributed by atoms with Crippen LogP contribution in [0, 0.1) is 5.92 Å². The maximum absolute atomic E-state index is 13.4. The van der Waals surface area contributed by atoms with E-state index in [4.69, 9.17) is 14.3 Å². The molecule has 1 aliphatic rings. The molecule has 0 unspecified atom stereocenters. The number of para-hydroxylation sites is 1. The van der Waals surface area contributed by atoms with E-state index >= 15 is 0 Å². The molecular formula is C26H36N2O5. The van der Waals surface area contributed by atoms with Gasteiger partial charge >= 0.3 is 5.97 Å². The Bertz CT molecular complexity index is 873. The van der Waals surface area contributed by atoms with Gasteiger partial charge < -0.3 is 14.3 Å². The third-order valence-corrected chi connectivity index (χ3v) is 6.34. The minimum atomic E-state index is -0.760. The third-order valence-electron chi connectivity index (χ3n) is 6.34. The number of hydrogen-bond acceptors (Lipinski definition) is 5. The van der Waals surface area contributed by atoms with Crippen LogP contribution in [0.5, 0.6) is 5.75 Å². The Kier molecular flexibility index (Phi) is 9.36. The number of carboxylic acids is 1. The first-order valence-corrected chi connectivity index (χ1v) is 11.9. The van der Waals surface area contributed by atoms with Crippen LogP contribution in [-0.2, 0) is 16.1 Å². The molecule has 1 amide bonds. The van der Waals surface area contributed by atoms with Crippen molar-refractivity contribution in [3.63, 3.8) is 0 Å². The average Bonchev–Trinajstić information content (AvgIpc) is 3.35. The van der Waals surface area contributed by atoms with Crippen molar-refractivity contribution in [2.24, 2.45) is 5.92 Å². The molecular weight excluding hydrogens is 420 g/mol. The SMILES string of the molecule is CN(C)N(Cc1ccccc1OCCCCCC(=O)O)C(=O)C1CCC(c2ccco2)CC1. The van der Waals surface area contributed by atoms with Gasteiger partial charge in [0, 0.05) is 37.9 Å². The lowest BCUT2D eigenvalue weighted by Crippen LogP contribution is -2.45. The fourth-order valence-electron chi connectivity index (χ4n) is 4.45. The summed E-state index contributed by atoms with van der Waals surface area (Å²) < 4.78 is 11.6. The van der Waals surface area contributed by atoms with Crippen molar-refractivity contribution in [3.8, 4) is 5.75 Å². The third kappa shape index (κ3) is 7.35. The van der Waals surface area contributed by atoms with Crippen LogP contribution in [0.15, 0.2) is 47.1 Å². The minimum Gasteiger partial charge on any atom is -0.493 e. The van der Waals surface area contributed by atoms with E-state index in [1.807, 2.05) is 60.5 Å². The zero-order chi connectivity index (χ0) is 23.6. The fourth-order valence-corrected chi connectivity index (χ4v) is 4.45. The van der Waals surface area contributed by atoms with Gasteiger partial charge in [0.2, 0.25) is 5.91 Å². The molecule has 3 rings (SSSR count). The quantitative estimate of drug-likeness (QED) is 0.354. The highest BCUT2D eigenvalue weighted by atomic mass is 16.5. The van der Waals surface area contributed by atoms with Crippen LogP contribution in [0.4, 0.5) is 0 Å². The predicted octanol–water partition coefficient (Wildman–Crippen LogP) is 5.08. The van der Waals surface area contributed by atoms with Crippen LogP contribution in [0.25, 0.3) is 0 Å². The number of aliphatic carboxylic acids is 1. The Morgan fingerprint density at radius 1 is 1.03 bits per heavy atom. The lowest BCUT2D eigenvalue weighted by atomic mass is 9.80. The van der Waals surface area contributed by atoms with Gasteiger partial charge in [-0.1, -0.05) is 18.2 Å². The number of furan rings is 1. The molecule has 1 saturated carbocycles. The summed E-state index contributed by atoms with van der Waals surface area (Å²) in [5, 5.41) is 12.4. The normalized spacial score (nSPS) is 18.3. The van der Waals surface area contributed by atoms with E-state index in [1.54, 1.807) is 6.26 Å². The Balaban J connectivity index is 1.55. The molecule has 180 valence electrons. The summed E-state index contributed by atoms with van der Waals surface area (Å²) in [6.45, 7) is 0.989. The van der Waals surface area contributed by atoms with E-state index in [2.05, 4.69) is 0 Å². The number of hydrogen-bond donors (Lipinski definition) is 1. The molecule has 0 atom stereocenters. The maximum atomic E-state index is 13.4. The molecule has 1 heterocycles. The van der Waals surface area contributed by atoms with Crippen molar-refractivity contribution in [1.29, 1.82) is 0 Å². The average molecular weight is 457 g/mol. The monoisotopic (exact) mass is 456 g/mol. The highest BCUT2D eigenvalue weighted by molar-refractivity contribution is 5.78.